The van der Waals surface area contributed by atoms with Gasteiger partial charge in [-0.1, -0.05) is 19.9 Å². The Bertz CT molecular complexity index is 684. The van der Waals surface area contributed by atoms with Gasteiger partial charge in [-0.3, -0.25) is 0 Å². The monoisotopic (exact) mass is 268 g/mol. The summed E-state index contributed by atoms with van der Waals surface area (Å²) < 4.78 is 7.27. The number of imidazole rings is 1. The Labute approximate surface area is 119 Å². The molecule has 2 heterocycles. The van der Waals surface area contributed by atoms with Gasteiger partial charge in [0.05, 0.1) is 12.8 Å². The lowest BCUT2D eigenvalue weighted by Crippen LogP contribution is -1.86. The summed E-state index contributed by atoms with van der Waals surface area (Å²) >= 11 is 0. The molecule has 0 atom stereocenters. The van der Waals surface area contributed by atoms with Crippen LogP contribution in [-0.2, 0) is 0 Å². The van der Waals surface area contributed by atoms with Crippen LogP contribution in [0.3, 0.4) is 0 Å². The molecule has 20 heavy (non-hydrogen) atoms. The normalized spacial score (nSPS) is 10.0. The Morgan fingerprint density at radius 2 is 1.70 bits per heavy atom. The number of hydrogen-bond donors (Lipinski definition) is 0. The maximum atomic E-state index is 5.17. The van der Waals surface area contributed by atoms with Crippen LogP contribution in [0.2, 0.25) is 0 Å². The van der Waals surface area contributed by atoms with Crippen molar-refractivity contribution >= 4 is 5.65 Å². The zero-order chi connectivity index (χ0) is 14.5. The fourth-order valence-electron chi connectivity index (χ4n) is 2.14. The molecule has 0 aliphatic heterocycles. The number of rotatable bonds is 2. The van der Waals surface area contributed by atoms with Gasteiger partial charge < -0.3 is 9.14 Å². The highest BCUT2D eigenvalue weighted by Gasteiger charge is 2.09. The average Bonchev–Trinajstić information content (AvgIpc) is 2.87. The molecular formula is C17H20N2O. The van der Waals surface area contributed by atoms with E-state index in [-0.39, 0.29) is 0 Å². The van der Waals surface area contributed by atoms with E-state index in [0.717, 1.165) is 28.3 Å². The van der Waals surface area contributed by atoms with E-state index in [1.165, 1.54) is 0 Å². The maximum Gasteiger partial charge on any atom is 0.137 e. The summed E-state index contributed by atoms with van der Waals surface area (Å²) in [5, 5.41) is 0. The van der Waals surface area contributed by atoms with E-state index in [2.05, 4.69) is 16.3 Å². The molecule has 0 fully saturated rings. The molecule has 3 rings (SSSR count). The molecule has 0 saturated carbocycles. The third kappa shape index (κ3) is 2.52. The molecule has 0 bridgehead atoms. The zero-order valence-corrected chi connectivity index (χ0v) is 12.4. The number of aromatic nitrogens is 2. The summed E-state index contributed by atoms with van der Waals surface area (Å²) in [4.78, 5) is 4.66. The maximum absolute atomic E-state index is 5.17. The third-order valence-corrected chi connectivity index (χ3v) is 3.13. The van der Waals surface area contributed by atoms with Crippen molar-refractivity contribution in [2.24, 2.45) is 0 Å². The SMILES string of the molecule is CC.COc1ccc(-c2nc3ccccn3c2C)cc1. The van der Waals surface area contributed by atoms with E-state index in [1.807, 2.05) is 62.5 Å². The van der Waals surface area contributed by atoms with Gasteiger partial charge in [-0.2, -0.15) is 0 Å². The number of fused-ring (bicyclic) bond motifs is 1. The second-order valence-corrected chi connectivity index (χ2v) is 4.20. The van der Waals surface area contributed by atoms with Crippen molar-refractivity contribution in [3.63, 3.8) is 0 Å². The van der Waals surface area contributed by atoms with E-state index >= 15 is 0 Å². The molecule has 0 aliphatic rings. The fraction of sp³-hybridized carbons (Fsp3) is 0.235. The van der Waals surface area contributed by atoms with E-state index in [1.54, 1.807) is 7.11 Å². The number of nitrogens with zero attached hydrogens (tertiary/aromatic N) is 2. The zero-order valence-electron chi connectivity index (χ0n) is 12.4. The quantitative estimate of drug-likeness (QED) is 0.691. The van der Waals surface area contributed by atoms with Crippen LogP contribution in [0.15, 0.2) is 48.7 Å². The summed E-state index contributed by atoms with van der Waals surface area (Å²) in [7, 11) is 1.67. The number of ether oxygens (including phenoxy) is 1. The van der Waals surface area contributed by atoms with Gasteiger partial charge in [0.1, 0.15) is 11.4 Å². The molecule has 104 valence electrons. The number of methoxy groups -OCH3 is 1. The van der Waals surface area contributed by atoms with Crippen molar-refractivity contribution < 1.29 is 4.74 Å². The van der Waals surface area contributed by atoms with Crippen molar-refractivity contribution in [3.05, 3.63) is 54.4 Å². The number of benzene rings is 1. The lowest BCUT2D eigenvalue weighted by Gasteiger charge is -2.02. The van der Waals surface area contributed by atoms with Gasteiger partial charge >= 0.3 is 0 Å². The summed E-state index contributed by atoms with van der Waals surface area (Å²) in [6, 6.07) is 14.0. The molecule has 0 amide bonds. The molecule has 0 unspecified atom stereocenters. The summed E-state index contributed by atoms with van der Waals surface area (Å²) in [5.74, 6) is 0.861. The highest BCUT2D eigenvalue weighted by molar-refractivity contribution is 5.66. The topological polar surface area (TPSA) is 26.5 Å². The van der Waals surface area contributed by atoms with Crippen molar-refractivity contribution in [1.82, 2.24) is 9.38 Å². The summed E-state index contributed by atoms with van der Waals surface area (Å²) in [6.07, 6.45) is 2.03. The molecule has 0 saturated heterocycles. The second kappa shape index (κ2) is 6.24. The first-order valence-electron chi connectivity index (χ1n) is 6.88. The van der Waals surface area contributed by atoms with Crippen LogP contribution >= 0.6 is 0 Å². The first-order chi connectivity index (χ1) is 9.79. The molecular weight excluding hydrogens is 248 g/mol. The number of aryl methyl sites for hydroxylation is 1. The Morgan fingerprint density at radius 1 is 1.00 bits per heavy atom. The van der Waals surface area contributed by atoms with E-state index in [9.17, 15) is 0 Å². The molecule has 0 spiro atoms. The van der Waals surface area contributed by atoms with Gasteiger partial charge in [-0.05, 0) is 43.3 Å². The van der Waals surface area contributed by atoms with Gasteiger partial charge in [0.2, 0.25) is 0 Å². The average molecular weight is 268 g/mol. The summed E-state index contributed by atoms with van der Waals surface area (Å²) in [5.41, 5.74) is 4.25. The molecule has 0 radical (unpaired) electrons. The minimum Gasteiger partial charge on any atom is -0.497 e. The van der Waals surface area contributed by atoms with E-state index < -0.39 is 0 Å². The predicted octanol–water partition coefficient (Wildman–Crippen LogP) is 4.34. The molecule has 0 aliphatic carbocycles. The largest absolute Gasteiger partial charge is 0.497 e. The van der Waals surface area contributed by atoms with E-state index in [4.69, 9.17) is 4.74 Å². The van der Waals surface area contributed by atoms with Crippen LogP contribution in [0.25, 0.3) is 16.9 Å². The van der Waals surface area contributed by atoms with Crippen LogP contribution in [0.1, 0.15) is 19.5 Å². The smallest absolute Gasteiger partial charge is 0.137 e. The highest BCUT2D eigenvalue weighted by Crippen LogP contribution is 2.25. The van der Waals surface area contributed by atoms with Crippen molar-refractivity contribution in [1.29, 1.82) is 0 Å². The minimum atomic E-state index is 0.861. The molecule has 3 heteroatoms. The Kier molecular flexibility index (Phi) is 4.41. The molecule has 2 aromatic heterocycles. The van der Waals surface area contributed by atoms with Crippen LogP contribution in [0.4, 0.5) is 0 Å². The lowest BCUT2D eigenvalue weighted by atomic mass is 10.1. The molecule has 1 aromatic carbocycles. The van der Waals surface area contributed by atoms with Crippen LogP contribution in [0, 0.1) is 6.92 Å². The predicted molar refractivity (Wildman–Crippen MR) is 83.3 cm³/mol. The number of hydrogen-bond acceptors (Lipinski definition) is 2. The van der Waals surface area contributed by atoms with Gasteiger partial charge in [0.25, 0.3) is 0 Å². The second-order valence-electron chi connectivity index (χ2n) is 4.20. The van der Waals surface area contributed by atoms with E-state index in [0.29, 0.717) is 0 Å². The Hall–Kier alpha value is -2.29. The van der Waals surface area contributed by atoms with Crippen molar-refractivity contribution in [3.8, 4) is 17.0 Å². The number of pyridine rings is 1. The highest BCUT2D eigenvalue weighted by atomic mass is 16.5. The standard InChI is InChI=1S/C15H14N2O.C2H6/c1-11-15(12-6-8-13(18-2)9-7-12)16-14-5-3-4-10-17(11)14;1-2/h3-10H,1-2H3;1-2H3. The van der Waals surface area contributed by atoms with Crippen LogP contribution in [0.5, 0.6) is 5.75 Å². The minimum absolute atomic E-state index is 0.861. The lowest BCUT2D eigenvalue weighted by molar-refractivity contribution is 0.415. The van der Waals surface area contributed by atoms with Gasteiger partial charge in [0.15, 0.2) is 0 Å². The molecule has 3 aromatic rings. The first kappa shape index (κ1) is 14.1. The van der Waals surface area contributed by atoms with Crippen LogP contribution < -0.4 is 4.74 Å². The molecule has 0 N–H and O–H groups in total. The van der Waals surface area contributed by atoms with Gasteiger partial charge in [0, 0.05) is 17.5 Å². The van der Waals surface area contributed by atoms with Crippen molar-refractivity contribution in [2.45, 2.75) is 20.8 Å². The van der Waals surface area contributed by atoms with Crippen molar-refractivity contribution in [2.75, 3.05) is 7.11 Å². The van der Waals surface area contributed by atoms with Gasteiger partial charge in [-0.15, -0.1) is 0 Å². The molecule has 3 nitrogen and oxygen atoms in total. The van der Waals surface area contributed by atoms with Gasteiger partial charge in [-0.25, -0.2) is 4.98 Å². The fourth-order valence-corrected chi connectivity index (χ4v) is 2.14. The third-order valence-electron chi connectivity index (χ3n) is 3.13. The Morgan fingerprint density at radius 3 is 2.30 bits per heavy atom. The summed E-state index contributed by atoms with van der Waals surface area (Å²) in [6.45, 7) is 6.08. The first-order valence-corrected chi connectivity index (χ1v) is 6.88. The Balaban J connectivity index is 0.000000704. The van der Waals surface area contributed by atoms with Crippen LogP contribution in [-0.4, -0.2) is 16.5 Å².